The van der Waals surface area contributed by atoms with E-state index < -0.39 is 20.9 Å². The molecule has 1 N–H and O–H groups in total. The number of nitrogens with one attached hydrogen (secondary N) is 1. The monoisotopic (exact) mass is 427 g/mol. The number of sulfonamides is 1. The third kappa shape index (κ3) is 5.18. The van der Waals surface area contributed by atoms with Gasteiger partial charge in [0.2, 0.25) is 10.0 Å². The van der Waals surface area contributed by atoms with Gasteiger partial charge in [-0.15, -0.1) is 0 Å². The van der Waals surface area contributed by atoms with E-state index >= 15 is 0 Å². The second-order valence-electron chi connectivity index (χ2n) is 5.83. The van der Waals surface area contributed by atoms with Crippen molar-refractivity contribution in [2.45, 2.75) is 11.4 Å². The van der Waals surface area contributed by atoms with Crippen molar-refractivity contribution in [3.8, 4) is 5.75 Å². The van der Waals surface area contributed by atoms with Crippen LogP contribution in [-0.2, 0) is 21.4 Å². The number of non-ortho nitro benzene ring substituents is 1. The van der Waals surface area contributed by atoms with E-state index in [4.69, 9.17) is 16.3 Å². The molecule has 28 heavy (non-hydrogen) atoms. The van der Waals surface area contributed by atoms with Gasteiger partial charge in [-0.1, -0.05) is 29.8 Å². The Balaban J connectivity index is 2.00. The van der Waals surface area contributed by atoms with Crippen molar-refractivity contribution in [1.82, 2.24) is 9.62 Å². The van der Waals surface area contributed by atoms with Gasteiger partial charge in [-0.3, -0.25) is 14.9 Å². The Hall–Kier alpha value is -2.69. The first-order chi connectivity index (χ1) is 13.1. The molecule has 0 bridgehead atoms. The number of benzene rings is 2. The molecule has 0 saturated carbocycles. The number of amides is 1. The van der Waals surface area contributed by atoms with E-state index in [9.17, 15) is 23.3 Å². The van der Waals surface area contributed by atoms with Crippen LogP contribution >= 0.6 is 11.6 Å². The van der Waals surface area contributed by atoms with Gasteiger partial charge in [0.25, 0.3) is 11.6 Å². The van der Waals surface area contributed by atoms with Crippen molar-refractivity contribution in [3.63, 3.8) is 0 Å². The molecule has 0 heterocycles. The highest BCUT2D eigenvalue weighted by atomic mass is 35.5. The molecule has 11 heteroatoms. The van der Waals surface area contributed by atoms with Crippen molar-refractivity contribution in [2.75, 3.05) is 20.7 Å². The SMILES string of the molecule is CN(C)S(=O)(=O)c1ccccc1CNC(=O)COc1ccc([N+](=O)[O-])cc1Cl. The number of nitrogens with zero attached hydrogens (tertiary/aromatic N) is 2. The fraction of sp³-hybridized carbons (Fsp3) is 0.235. The molecule has 0 aliphatic heterocycles. The first kappa shape index (κ1) is 21.6. The Bertz CT molecular complexity index is 994. The predicted octanol–water partition coefficient (Wildman–Crippen LogP) is 2.19. The van der Waals surface area contributed by atoms with E-state index in [2.05, 4.69) is 5.32 Å². The Morgan fingerprint density at radius 1 is 1.25 bits per heavy atom. The van der Waals surface area contributed by atoms with Crippen LogP contribution < -0.4 is 10.1 Å². The number of hydrogen-bond donors (Lipinski definition) is 1. The van der Waals surface area contributed by atoms with Crippen LogP contribution in [0.1, 0.15) is 5.56 Å². The number of ether oxygens (including phenoxy) is 1. The van der Waals surface area contributed by atoms with E-state index in [0.717, 1.165) is 10.4 Å². The number of nitro benzene ring substituents is 1. The lowest BCUT2D eigenvalue weighted by Crippen LogP contribution is -2.30. The molecule has 0 aliphatic rings. The summed E-state index contributed by atoms with van der Waals surface area (Å²) in [6.45, 7) is -0.403. The van der Waals surface area contributed by atoms with Crippen LogP contribution in [0.15, 0.2) is 47.4 Å². The lowest BCUT2D eigenvalue weighted by Gasteiger charge is -2.15. The van der Waals surface area contributed by atoms with Crippen LogP contribution in [0, 0.1) is 10.1 Å². The summed E-state index contributed by atoms with van der Waals surface area (Å²) in [5, 5.41) is 13.3. The summed E-state index contributed by atoms with van der Waals surface area (Å²) >= 11 is 5.90. The van der Waals surface area contributed by atoms with Crippen LogP contribution in [0.3, 0.4) is 0 Å². The first-order valence-corrected chi connectivity index (χ1v) is 9.78. The minimum atomic E-state index is -3.65. The lowest BCUT2D eigenvalue weighted by molar-refractivity contribution is -0.384. The number of nitro groups is 1. The highest BCUT2D eigenvalue weighted by Crippen LogP contribution is 2.28. The first-order valence-electron chi connectivity index (χ1n) is 7.97. The molecular weight excluding hydrogens is 410 g/mol. The van der Waals surface area contributed by atoms with Crippen molar-refractivity contribution in [1.29, 1.82) is 0 Å². The molecule has 0 aromatic heterocycles. The summed E-state index contributed by atoms with van der Waals surface area (Å²) in [5.41, 5.74) is 0.235. The standard InChI is InChI=1S/C17H18ClN3O6S/c1-20(2)28(25,26)16-6-4-3-5-12(16)10-19-17(22)11-27-15-8-7-13(21(23)24)9-14(15)18/h3-9H,10-11H2,1-2H3,(H,19,22). The zero-order chi connectivity index (χ0) is 20.9. The van der Waals surface area contributed by atoms with Gasteiger partial charge in [-0.05, 0) is 17.7 Å². The van der Waals surface area contributed by atoms with Crippen molar-refractivity contribution >= 4 is 33.2 Å². The normalized spacial score (nSPS) is 11.3. The van der Waals surface area contributed by atoms with Crippen LogP contribution in [0.2, 0.25) is 5.02 Å². The third-order valence-corrected chi connectivity index (χ3v) is 5.90. The number of hydrogen-bond acceptors (Lipinski definition) is 6. The highest BCUT2D eigenvalue weighted by molar-refractivity contribution is 7.89. The van der Waals surface area contributed by atoms with E-state index in [1.54, 1.807) is 18.2 Å². The molecule has 0 radical (unpaired) electrons. The van der Waals surface area contributed by atoms with Crippen LogP contribution in [-0.4, -0.2) is 44.3 Å². The molecule has 0 fully saturated rings. The lowest BCUT2D eigenvalue weighted by atomic mass is 10.2. The molecule has 0 spiro atoms. The van der Waals surface area contributed by atoms with Crippen molar-refractivity contribution < 1.29 is 22.9 Å². The number of rotatable bonds is 8. The molecule has 1 amide bonds. The van der Waals surface area contributed by atoms with Crippen LogP contribution in [0.25, 0.3) is 0 Å². The summed E-state index contributed by atoms with van der Waals surface area (Å²) in [5.74, 6) is -0.385. The van der Waals surface area contributed by atoms with Gasteiger partial charge in [0.05, 0.1) is 14.8 Å². The average Bonchev–Trinajstić information content (AvgIpc) is 2.65. The fourth-order valence-corrected chi connectivity index (χ4v) is 3.55. The van der Waals surface area contributed by atoms with Gasteiger partial charge < -0.3 is 10.1 Å². The topological polar surface area (TPSA) is 119 Å². The Labute approximate surface area is 167 Å². The predicted molar refractivity (Wildman–Crippen MR) is 103 cm³/mol. The van der Waals surface area contributed by atoms with E-state index in [1.165, 1.54) is 32.3 Å². The fourth-order valence-electron chi connectivity index (χ4n) is 2.21. The van der Waals surface area contributed by atoms with Crippen molar-refractivity contribution in [2.24, 2.45) is 0 Å². The van der Waals surface area contributed by atoms with E-state index in [-0.39, 0.29) is 34.5 Å². The average molecular weight is 428 g/mol. The minimum absolute atomic E-state index is 0.00409. The quantitative estimate of drug-likeness (QED) is 0.509. The maximum atomic E-state index is 12.3. The molecular formula is C17H18ClN3O6S. The molecule has 2 aromatic rings. The Kier molecular flexibility index (Phi) is 6.95. The highest BCUT2D eigenvalue weighted by Gasteiger charge is 2.21. The summed E-state index contributed by atoms with van der Waals surface area (Å²) in [6.07, 6.45) is 0. The second kappa shape index (κ2) is 9.00. The molecule has 9 nitrogen and oxygen atoms in total. The maximum Gasteiger partial charge on any atom is 0.271 e. The molecule has 0 atom stereocenters. The van der Waals surface area contributed by atoms with Crippen LogP contribution in [0.4, 0.5) is 5.69 Å². The number of carbonyl (C=O) groups excluding carboxylic acids is 1. The van der Waals surface area contributed by atoms with Crippen LogP contribution in [0.5, 0.6) is 5.75 Å². The third-order valence-electron chi connectivity index (χ3n) is 3.69. The maximum absolute atomic E-state index is 12.3. The van der Waals surface area contributed by atoms with Crippen molar-refractivity contribution in [3.05, 3.63) is 63.2 Å². The van der Waals surface area contributed by atoms with Gasteiger partial charge in [0.1, 0.15) is 5.75 Å². The van der Waals surface area contributed by atoms with Gasteiger partial charge >= 0.3 is 0 Å². The molecule has 2 aromatic carbocycles. The number of carbonyl (C=O) groups is 1. The summed E-state index contributed by atoms with van der Waals surface area (Å²) < 4.78 is 31.0. The molecule has 0 unspecified atom stereocenters. The van der Waals surface area contributed by atoms with Gasteiger partial charge in [-0.25, -0.2) is 12.7 Å². The zero-order valence-electron chi connectivity index (χ0n) is 15.1. The summed E-state index contributed by atoms with van der Waals surface area (Å²) in [7, 11) is -0.803. The van der Waals surface area contributed by atoms with E-state index in [1.807, 2.05) is 0 Å². The Morgan fingerprint density at radius 3 is 2.54 bits per heavy atom. The molecule has 150 valence electrons. The van der Waals surface area contributed by atoms with Gasteiger partial charge in [-0.2, -0.15) is 0 Å². The van der Waals surface area contributed by atoms with E-state index in [0.29, 0.717) is 5.56 Å². The second-order valence-corrected chi connectivity index (χ2v) is 8.36. The Morgan fingerprint density at radius 2 is 1.93 bits per heavy atom. The van der Waals surface area contributed by atoms with Gasteiger partial charge in [0.15, 0.2) is 6.61 Å². The van der Waals surface area contributed by atoms with Gasteiger partial charge in [0, 0.05) is 32.8 Å². The molecule has 2 rings (SSSR count). The minimum Gasteiger partial charge on any atom is -0.482 e. The summed E-state index contributed by atoms with van der Waals surface area (Å²) in [4.78, 5) is 22.2. The largest absolute Gasteiger partial charge is 0.482 e. The summed E-state index contributed by atoms with van der Waals surface area (Å²) in [6, 6.07) is 9.96. The molecule has 0 saturated heterocycles. The zero-order valence-corrected chi connectivity index (χ0v) is 16.7. The molecule has 0 aliphatic carbocycles. The number of halogens is 1. The smallest absolute Gasteiger partial charge is 0.271 e.